The molecule has 2 aromatic heterocycles. The van der Waals surface area contributed by atoms with E-state index < -0.39 is 5.97 Å². The summed E-state index contributed by atoms with van der Waals surface area (Å²) in [6.07, 6.45) is 0.181. The number of rotatable bonds is 6. The Morgan fingerprint density at radius 3 is 2.78 bits per heavy atom. The molecule has 2 heterocycles. The number of thioether (sulfide) groups is 1. The van der Waals surface area contributed by atoms with Crippen LogP contribution < -0.4 is 0 Å². The number of aliphatic carboxylic acids is 1. The fourth-order valence-electron chi connectivity index (χ4n) is 2.89. The van der Waals surface area contributed by atoms with E-state index in [1.54, 1.807) is 11.8 Å². The molecule has 0 saturated carbocycles. The van der Waals surface area contributed by atoms with E-state index in [2.05, 4.69) is 11.1 Å². The van der Waals surface area contributed by atoms with Gasteiger partial charge in [0.1, 0.15) is 11.3 Å². The number of pyridine rings is 1. The molecule has 4 rings (SSSR count). The first kappa shape index (κ1) is 17.9. The predicted molar refractivity (Wildman–Crippen MR) is 110 cm³/mol. The largest absolute Gasteiger partial charge is 0.481 e. The normalized spacial score (nSPS) is 11.3. The van der Waals surface area contributed by atoms with Crippen LogP contribution in [-0.2, 0) is 10.5 Å². The van der Waals surface area contributed by atoms with Crippen LogP contribution in [0.3, 0.4) is 0 Å². The van der Waals surface area contributed by atoms with E-state index in [-0.39, 0.29) is 6.42 Å². The summed E-state index contributed by atoms with van der Waals surface area (Å²) in [6, 6.07) is 17.6. The van der Waals surface area contributed by atoms with Crippen LogP contribution in [0.25, 0.3) is 33.3 Å². The molecule has 0 atom stereocenters. The van der Waals surface area contributed by atoms with Crippen LogP contribution in [0.5, 0.6) is 0 Å². The zero-order valence-corrected chi connectivity index (χ0v) is 15.9. The van der Waals surface area contributed by atoms with E-state index in [0.29, 0.717) is 16.5 Å². The van der Waals surface area contributed by atoms with Crippen LogP contribution in [0.2, 0.25) is 5.02 Å². The molecule has 27 heavy (non-hydrogen) atoms. The van der Waals surface area contributed by atoms with Gasteiger partial charge in [-0.2, -0.15) is 11.8 Å². The minimum Gasteiger partial charge on any atom is -0.481 e. The number of carboxylic acids is 1. The van der Waals surface area contributed by atoms with Crippen molar-refractivity contribution in [3.63, 3.8) is 0 Å². The molecule has 2 aromatic carbocycles. The molecule has 6 heteroatoms. The van der Waals surface area contributed by atoms with E-state index in [4.69, 9.17) is 21.1 Å². The number of hydrogen-bond acceptors (Lipinski definition) is 4. The summed E-state index contributed by atoms with van der Waals surface area (Å²) in [5.41, 5.74) is 3.54. The van der Waals surface area contributed by atoms with Crippen molar-refractivity contribution in [2.75, 3.05) is 5.75 Å². The zero-order valence-electron chi connectivity index (χ0n) is 14.3. The van der Waals surface area contributed by atoms with Crippen molar-refractivity contribution in [2.24, 2.45) is 0 Å². The summed E-state index contributed by atoms with van der Waals surface area (Å²) < 4.78 is 5.97. The highest BCUT2D eigenvalue weighted by molar-refractivity contribution is 7.98. The lowest BCUT2D eigenvalue weighted by atomic mass is 10.1. The predicted octanol–water partition coefficient (Wildman–Crippen LogP) is 6.01. The van der Waals surface area contributed by atoms with E-state index in [1.165, 1.54) is 0 Å². The van der Waals surface area contributed by atoms with Crippen LogP contribution in [-0.4, -0.2) is 21.8 Å². The molecule has 4 aromatic rings. The molecule has 1 N–H and O–H groups in total. The number of halogens is 1. The van der Waals surface area contributed by atoms with E-state index in [9.17, 15) is 4.79 Å². The fourth-order valence-corrected chi connectivity index (χ4v) is 3.93. The molecule has 0 aliphatic carbocycles. The summed E-state index contributed by atoms with van der Waals surface area (Å²) in [5.74, 6) is 1.33. The summed E-state index contributed by atoms with van der Waals surface area (Å²) >= 11 is 7.68. The van der Waals surface area contributed by atoms with Gasteiger partial charge in [-0.1, -0.05) is 29.8 Å². The number of benzene rings is 2. The lowest BCUT2D eigenvalue weighted by molar-refractivity contribution is -0.136. The highest BCUT2D eigenvalue weighted by atomic mass is 35.5. The Bertz CT molecular complexity index is 1140. The van der Waals surface area contributed by atoms with Gasteiger partial charge >= 0.3 is 5.97 Å². The van der Waals surface area contributed by atoms with Crippen molar-refractivity contribution in [3.8, 4) is 11.5 Å². The third-order valence-corrected chi connectivity index (χ3v) is 5.48. The molecule has 0 saturated heterocycles. The van der Waals surface area contributed by atoms with Crippen LogP contribution in [0.4, 0.5) is 0 Å². The van der Waals surface area contributed by atoms with Crippen molar-refractivity contribution in [1.82, 2.24) is 4.98 Å². The molecule has 0 aliphatic rings. The number of fused-ring (bicyclic) bond motifs is 2. The van der Waals surface area contributed by atoms with Crippen molar-refractivity contribution in [3.05, 3.63) is 65.2 Å². The lowest BCUT2D eigenvalue weighted by Crippen LogP contribution is -1.96. The average Bonchev–Trinajstić information content (AvgIpc) is 3.08. The summed E-state index contributed by atoms with van der Waals surface area (Å²) in [4.78, 5) is 15.2. The Labute approximate surface area is 165 Å². The third-order valence-electron chi connectivity index (χ3n) is 4.22. The van der Waals surface area contributed by atoms with Crippen LogP contribution in [0.15, 0.2) is 59.0 Å². The van der Waals surface area contributed by atoms with Gasteiger partial charge in [-0.25, -0.2) is 4.98 Å². The molecule has 0 aliphatic heterocycles. The van der Waals surface area contributed by atoms with Crippen LogP contribution in [0.1, 0.15) is 12.0 Å². The Hall–Kier alpha value is -2.50. The van der Waals surface area contributed by atoms with Gasteiger partial charge in [0.25, 0.3) is 0 Å². The highest BCUT2D eigenvalue weighted by Crippen LogP contribution is 2.30. The van der Waals surface area contributed by atoms with E-state index >= 15 is 0 Å². The minimum atomic E-state index is -0.762. The molecule has 0 amide bonds. The molecular formula is C21H16ClNO3S. The van der Waals surface area contributed by atoms with Crippen molar-refractivity contribution in [2.45, 2.75) is 12.2 Å². The maximum Gasteiger partial charge on any atom is 0.304 e. The minimum absolute atomic E-state index is 0.181. The molecule has 4 nitrogen and oxygen atoms in total. The molecular weight excluding hydrogens is 382 g/mol. The number of furan rings is 1. The molecule has 136 valence electrons. The zero-order chi connectivity index (χ0) is 18.8. The molecule has 0 unspecified atom stereocenters. The van der Waals surface area contributed by atoms with E-state index in [1.807, 2.05) is 48.5 Å². The molecule has 0 spiro atoms. The first-order valence-electron chi connectivity index (χ1n) is 8.47. The lowest BCUT2D eigenvalue weighted by Gasteiger charge is -2.01. The number of aromatic nitrogens is 1. The first-order valence-corrected chi connectivity index (χ1v) is 10.0. The van der Waals surface area contributed by atoms with Gasteiger partial charge in [0.15, 0.2) is 5.76 Å². The van der Waals surface area contributed by atoms with Crippen molar-refractivity contribution < 1.29 is 14.3 Å². The fraction of sp³-hybridized carbons (Fsp3) is 0.143. The third kappa shape index (κ3) is 4.10. The van der Waals surface area contributed by atoms with Crippen LogP contribution >= 0.6 is 23.4 Å². The summed E-state index contributed by atoms with van der Waals surface area (Å²) in [7, 11) is 0. The molecule has 0 radical (unpaired) electrons. The second-order valence-electron chi connectivity index (χ2n) is 6.21. The molecule has 0 fully saturated rings. The monoisotopic (exact) mass is 397 g/mol. The maximum absolute atomic E-state index is 10.6. The molecule has 0 bridgehead atoms. The topological polar surface area (TPSA) is 63.3 Å². The number of nitrogens with zero attached hydrogens (tertiary/aromatic N) is 1. The average molecular weight is 398 g/mol. The van der Waals surface area contributed by atoms with Gasteiger partial charge in [0.05, 0.1) is 11.9 Å². The Kier molecular flexibility index (Phi) is 5.05. The van der Waals surface area contributed by atoms with Gasteiger partial charge in [0.2, 0.25) is 0 Å². The summed E-state index contributed by atoms with van der Waals surface area (Å²) in [6.45, 7) is 0. The van der Waals surface area contributed by atoms with Gasteiger partial charge < -0.3 is 9.52 Å². The van der Waals surface area contributed by atoms with Gasteiger partial charge in [-0.3, -0.25) is 4.79 Å². The number of hydrogen-bond donors (Lipinski definition) is 1. The van der Waals surface area contributed by atoms with Gasteiger partial charge in [-0.05, 0) is 42.0 Å². The summed E-state index contributed by atoms with van der Waals surface area (Å²) in [5, 5.41) is 11.4. The van der Waals surface area contributed by atoms with Crippen molar-refractivity contribution in [1.29, 1.82) is 0 Å². The quantitative estimate of drug-likeness (QED) is 0.403. The second kappa shape index (κ2) is 7.62. The highest BCUT2D eigenvalue weighted by Gasteiger charge is 2.09. The standard InChI is InChI=1S/C21H16ClNO3S/c22-16-4-2-14-3-5-17(23-18(14)11-16)20-10-15-9-13(1-6-19(15)26-20)12-27-8-7-21(24)25/h1-6,9-11H,7-8,12H2,(H,24,25). The van der Waals surface area contributed by atoms with Gasteiger partial charge in [-0.15, -0.1) is 0 Å². The Morgan fingerprint density at radius 2 is 1.93 bits per heavy atom. The Balaban J connectivity index is 1.58. The number of carboxylic acid groups (broad SMARTS) is 1. The van der Waals surface area contributed by atoms with Crippen LogP contribution in [0, 0.1) is 0 Å². The smallest absolute Gasteiger partial charge is 0.304 e. The van der Waals surface area contributed by atoms with Gasteiger partial charge in [0, 0.05) is 27.3 Å². The SMILES string of the molecule is O=C(O)CCSCc1ccc2oc(-c3ccc4ccc(Cl)cc4n3)cc2c1. The first-order chi connectivity index (χ1) is 13.1. The second-order valence-corrected chi connectivity index (χ2v) is 7.75. The van der Waals surface area contributed by atoms with E-state index in [0.717, 1.165) is 38.9 Å². The Morgan fingerprint density at radius 1 is 1.07 bits per heavy atom. The number of carbonyl (C=O) groups is 1. The van der Waals surface area contributed by atoms with Crippen molar-refractivity contribution >= 4 is 51.2 Å². The maximum atomic E-state index is 10.6.